The van der Waals surface area contributed by atoms with Crippen LogP contribution in [0.5, 0.6) is 0 Å². The van der Waals surface area contributed by atoms with Gasteiger partial charge in [0.1, 0.15) is 0 Å². The van der Waals surface area contributed by atoms with Crippen molar-refractivity contribution in [3.05, 3.63) is 29.8 Å². The van der Waals surface area contributed by atoms with E-state index in [9.17, 15) is 8.42 Å². The van der Waals surface area contributed by atoms with E-state index in [1.807, 2.05) is 31.3 Å². The number of hydrogen-bond acceptors (Lipinski definition) is 3. The summed E-state index contributed by atoms with van der Waals surface area (Å²) in [6.07, 6.45) is 4.77. The SMILES string of the molecule is CNCc1ccc(NS(=O)(=O)C2CCCCC2)cc1. The van der Waals surface area contributed by atoms with Gasteiger partial charge in [-0.3, -0.25) is 4.72 Å². The van der Waals surface area contributed by atoms with Crippen LogP contribution in [0.15, 0.2) is 24.3 Å². The van der Waals surface area contributed by atoms with Crippen LogP contribution in [-0.2, 0) is 16.6 Å². The highest BCUT2D eigenvalue weighted by Crippen LogP contribution is 2.25. The van der Waals surface area contributed by atoms with E-state index in [4.69, 9.17) is 0 Å². The second-order valence-electron chi connectivity index (χ2n) is 5.13. The zero-order valence-corrected chi connectivity index (χ0v) is 12.2. The normalized spacial score (nSPS) is 17.3. The zero-order valence-electron chi connectivity index (χ0n) is 11.4. The number of rotatable bonds is 5. The summed E-state index contributed by atoms with van der Waals surface area (Å²) in [6, 6.07) is 7.53. The third-order valence-electron chi connectivity index (χ3n) is 3.59. The molecule has 1 aliphatic rings. The minimum absolute atomic E-state index is 0.224. The van der Waals surface area contributed by atoms with Crippen LogP contribution in [0.1, 0.15) is 37.7 Å². The molecule has 5 heteroatoms. The highest BCUT2D eigenvalue weighted by atomic mass is 32.2. The first kappa shape index (κ1) is 14.3. The molecule has 4 nitrogen and oxygen atoms in total. The number of anilines is 1. The van der Waals surface area contributed by atoms with E-state index in [-0.39, 0.29) is 5.25 Å². The topological polar surface area (TPSA) is 58.2 Å². The predicted octanol–water partition coefficient (Wildman–Crippen LogP) is 2.48. The minimum atomic E-state index is -3.23. The third-order valence-corrected chi connectivity index (χ3v) is 5.46. The van der Waals surface area contributed by atoms with Crippen LogP contribution in [0.3, 0.4) is 0 Å². The maximum atomic E-state index is 12.2. The Morgan fingerprint density at radius 1 is 1.11 bits per heavy atom. The van der Waals surface area contributed by atoms with Gasteiger partial charge in [0.15, 0.2) is 0 Å². The lowest BCUT2D eigenvalue weighted by molar-refractivity contribution is 0.486. The Labute approximate surface area is 115 Å². The molecule has 0 radical (unpaired) electrons. The van der Waals surface area contributed by atoms with E-state index in [0.717, 1.165) is 44.2 Å². The molecule has 0 aromatic heterocycles. The average molecular weight is 282 g/mol. The molecule has 2 rings (SSSR count). The van der Waals surface area contributed by atoms with Gasteiger partial charge in [-0.1, -0.05) is 31.4 Å². The van der Waals surface area contributed by atoms with Crippen molar-refractivity contribution >= 4 is 15.7 Å². The summed E-state index contributed by atoms with van der Waals surface area (Å²) in [6.45, 7) is 0.787. The first-order valence-electron chi connectivity index (χ1n) is 6.87. The van der Waals surface area contributed by atoms with Crippen molar-refractivity contribution in [2.45, 2.75) is 43.9 Å². The van der Waals surface area contributed by atoms with Crippen LogP contribution in [-0.4, -0.2) is 20.7 Å². The van der Waals surface area contributed by atoms with Gasteiger partial charge in [-0.05, 0) is 37.6 Å². The van der Waals surface area contributed by atoms with E-state index < -0.39 is 10.0 Å². The van der Waals surface area contributed by atoms with Gasteiger partial charge in [0.25, 0.3) is 0 Å². The number of hydrogen-bond donors (Lipinski definition) is 2. The molecular formula is C14H22N2O2S. The van der Waals surface area contributed by atoms with E-state index >= 15 is 0 Å². The van der Waals surface area contributed by atoms with Crippen LogP contribution in [0.2, 0.25) is 0 Å². The summed E-state index contributed by atoms with van der Waals surface area (Å²) >= 11 is 0. The van der Waals surface area contributed by atoms with Crippen molar-refractivity contribution in [3.8, 4) is 0 Å². The number of sulfonamides is 1. The molecule has 0 unspecified atom stereocenters. The Kier molecular flexibility index (Phi) is 4.82. The van der Waals surface area contributed by atoms with E-state index in [0.29, 0.717) is 5.69 Å². The monoisotopic (exact) mass is 282 g/mol. The zero-order chi connectivity index (χ0) is 13.7. The van der Waals surface area contributed by atoms with Crippen molar-refractivity contribution < 1.29 is 8.42 Å². The average Bonchev–Trinajstić information content (AvgIpc) is 2.42. The van der Waals surface area contributed by atoms with Crippen molar-refractivity contribution in [2.75, 3.05) is 11.8 Å². The predicted molar refractivity (Wildman–Crippen MR) is 78.6 cm³/mol. The standard InChI is InChI=1S/C14H22N2O2S/c1-15-11-12-7-9-13(10-8-12)16-19(17,18)14-5-3-2-4-6-14/h7-10,14-16H,2-6,11H2,1H3. The molecule has 0 bridgehead atoms. The number of nitrogens with one attached hydrogen (secondary N) is 2. The molecule has 0 atom stereocenters. The van der Waals surface area contributed by atoms with Crippen molar-refractivity contribution in [3.63, 3.8) is 0 Å². The molecule has 1 aliphatic carbocycles. The van der Waals surface area contributed by atoms with Crippen LogP contribution in [0.4, 0.5) is 5.69 Å². The molecule has 0 spiro atoms. The molecule has 0 amide bonds. The van der Waals surface area contributed by atoms with E-state index in [2.05, 4.69) is 10.0 Å². The summed E-state index contributed by atoms with van der Waals surface area (Å²) in [4.78, 5) is 0. The Morgan fingerprint density at radius 3 is 2.32 bits per heavy atom. The van der Waals surface area contributed by atoms with Gasteiger partial charge in [-0.15, -0.1) is 0 Å². The first-order chi connectivity index (χ1) is 9.12. The summed E-state index contributed by atoms with van der Waals surface area (Å²) in [5, 5.41) is 2.84. The van der Waals surface area contributed by atoms with Crippen LogP contribution >= 0.6 is 0 Å². The minimum Gasteiger partial charge on any atom is -0.316 e. The Hall–Kier alpha value is -1.07. The van der Waals surface area contributed by atoms with Crippen LogP contribution in [0, 0.1) is 0 Å². The maximum Gasteiger partial charge on any atom is 0.235 e. The molecule has 0 heterocycles. The van der Waals surface area contributed by atoms with Gasteiger partial charge < -0.3 is 5.32 Å². The molecule has 106 valence electrons. The van der Waals surface area contributed by atoms with Crippen LogP contribution in [0.25, 0.3) is 0 Å². The van der Waals surface area contributed by atoms with Gasteiger partial charge in [0, 0.05) is 12.2 Å². The van der Waals surface area contributed by atoms with Crippen molar-refractivity contribution in [1.29, 1.82) is 0 Å². The second kappa shape index (κ2) is 6.39. The maximum absolute atomic E-state index is 12.2. The lowest BCUT2D eigenvalue weighted by Crippen LogP contribution is -2.29. The Bertz CT molecular complexity index is 491. The fourth-order valence-corrected chi connectivity index (χ4v) is 4.10. The summed E-state index contributed by atoms with van der Waals surface area (Å²) in [5.74, 6) is 0. The Balaban J connectivity index is 2.02. The quantitative estimate of drug-likeness (QED) is 0.872. The first-order valence-corrected chi connectivity index (χ1v) is 8.41. The fourth-order valence-electron chi connectivity index (χ4n) is 2.52. The molecule has 1 aromatic carbocycles. The third kappa shape index (κ3) is 3.94. The summed E-state index contributed by atoms with van der Waals surface area (Å²) < 4.78 is 27.2. The largest absolute Gasteiger partial charge is 0.316 e. The molecular weight excluding hydrogens is 260 g/mol. The molecule has 0 saturated heterocycles. The molecule has 2 N–H and O–H groups in total. The molecule has 0 aliphatic heterocycles. The highest BCUT2D eigenvalue weighted by molar-refractivity contribution is 7.93. The summed E-state index contributed by atoms with van der Waals surface area (Å²) in [5.41, 5.74) is 1.80. The van der Waals surface area contributed by atoms with Gasteiger partial charge in [0.2, 0.25) is 10.0 Å². The van der Waals surface area contributed by atoms with E-state index in [1.165, 1.54) is 0 Å². The van der Waals surface area contributed by atoms with Gasteiger partial charge in [0.05, 0.1) is 5.25 Å². The van der Waals surface area contributed by atoms with Gasteiger partial charge in [-0.25, -0.2) is 8.42 Å². The van der Waals surface area contributed by atoms with Crippen molar-refractivity contribution in [1.82, 2.24) is 5.32 Å². The Morgan fingerprint density at radius 2 is 1.74 bits per heavy atom. The van der Waals surface area contributed by atoms with Gasteiger partial charge in [-0.2, -0.15) is 0 Å². The molecule has 19 heavy (non-hydrogen) atoms. The smallest absolute Gasteiger partial charge is 0.235 e. The van der Waals surface area contributed by atoms with Crippen molar-refractivity contribution in [2.24, 2.45) is 0 Å². The molecule has 1 saturated carbocycles. The summed E-state index contributed by atoms with van der Waals surface area (Å²) in [7, 11) is -1.34. The lowest BCUT2D eigenvalue weighted by atomic mass is 10.0. The molecule has 1 aromatic rings. The number of benzene rings is 1. The fraction of sp³-hybridized carbons (Fsp3) is 0.571. The van der Waals surface area contributed by atoms with Crippen LogP contribution < -0.4 is 10.0 Å². The lowest BCUT2D eigenvalue weighted by Gasteiger charge is -2.22. The van der Waals surface area contributed by atoms with Gasteiger partial charge >= 0.3 is 0 Å². The highest BCUT2D eigenvalue weighted by Gasteiger charge is 2.26. The second-order valence-corrected chi connectivity index (χ2v) is 7.10. The molecule has 1 fully saturated rings. The van der Waals surface area contributed by atoms with E-state index in [1.54, 1.807) is 0 Å².